The highest BCUT2D eigenvalue weighted by molar-refractivity contribution is 5.64. The van der Waals surface area contributed by atoms with E-state index in [1.807, 2.05) is 0 Å². The van der Waals surface area contributed by atoms with Crippen LogP contribution in [0.4, 0.5) is 9.18 Å². The average molecular weight is 207 g/mol. The van der Waals surface area contributed by atoms with Crippen molar-refractivity contribution < 1.29 is 23.8 Å². The third-order valence-electron chi connectivity index (χ3n) is 1.34. The van der Waals surface area contributed by atoms with Crippen molar-refractivity contribution in [1.82, 2.24) is 0 Å². The van der Waals surface area contributed by atoms with Gasteiger partial charge in [-0.25, -0.2) is 9.18 Å². The number of hydrogen-bond donors (Lipinski definition) is 2. The lowest BCUT2D eigenvalue weighted by Gasteiger charge is -2.18. The van der Waals surface area contributed by atoms with E-state index in [-0.39, 0.29) is 13.2 Å². The predicted octanol–water partition coefficient (Wildman–Crippen LogP) is 0.331. The number of carbonyl (C=O) groups is 1. The SMILES string of the molecule is C=CC(C)(F)OCC(O)COC(N)=O. The summed E-state index contributed by atoms with van der Waals surface area (Å²) >= 11 is 0. The van der Waals surface area contributed by atoms with E-state index in [9.17, 15) is 9.18 Å². The molecule has 0 saturated carbocycles. The maximum atomic E-state index is 13.0. The van der Waals surface area contributed by atoms with Gasteiger partial charge >= 0.3 is 6.09 Å². The second kappa shape index (κ2) is 5.56. The van der Waals surface area contributed by atoms with Crippen molar-refractivity contribution in [2.45, 2.75) is 18.9 Å². The van der Waals surface area contributed by atoms with Crippen LogP contribution in [0.3, 0.4) is 0 Å². The molecule has 5 nitrogen and oxygen atoms in total. The lowest BCUT2D eigenvalue weighted by atomic mass is 10.3. The third-order valence-corrected chi connectivity index (χ3v) is 1.34. The van der Waals surface area contributed by atoms with Gasteiger partial charge in [-0.2, -0.15) is 0 Å². The fourth-order valence-electron chi connectivity index (χ4n) is 0.545. The summed E-state index contributed by atoms with van der Waals surface area (Å²) in [5, 5.41) is 9.10. The summed E-state index contributed by atoms with van der Waals surface area (Å²) < 4.78 is 21.9. The van der Waals surface area contributed by atoms with Gasteiger partial charge in [0.25, 0.3) is 0 Å². The summed E-state index contributed by atoms with van der Waals surface area (Å²) in [5.41, 5.74) is 4.65. The maximum Gasteiger partial charge on any atom is 0.404 e. The van der Waals surface area contributed by atoms with Crippen LogP contribution in [-0.2, 0) is 9.47 Å². The van der Waals surface area contributed by atoms with Crippen LogP contribution in [-0.4, -0.2) is 36.4 Å². The molecule has 3 N–H and O–H groups in total. The molecule has 14 heavy (non-hydrogen) atoms. The Kier molecular flexibility index (Phi) is 5.11. The molecule has 2 atom stereocenters. The van der Waals surface area contributed by atoms with E-state index in [1.165, 1.54) is 0 Å². The lowest BCUT2D eigenvalue weighted by Crippen LogP contribution is -2.30. The minimum absolute atomic E-state index is 0.313. The van der Waals surface area contributed by atoms with Crippen molar-refractivity contribution in [2.75, 3.05) is 13.2 Å². The Morgan fingerprint density at radius 1 is 1.79 bits per heavy atom. The first-order valence-electron chi connectivity index (χ1n) is 3.94. The van der Waals surface area contributed by atoms with E-state index in [2.05, 4.69) is 21.8 Å². The zero-order valence-corrected chi connectivity index (χ0v) is 7.90. The summed E-state index contributed by atoms with van der Waals surface area (Å²) in [4.78, 5) is 10.1. The van der Waals surface area contributed by atoms with Crippen molar-refractivity contribution in [3.8, 4) is 0 Å². The number of primary amides is 1. The van der Waals surface area contributed by atoms with Crippen LogP contribution in [0, 0.1) is 0 Å². The highest BCUT2D eigenvalue weighted by atomic mass is 19.2. The molecule has 0 fully saturated rings. The molecule has 0 aromatic heterocycles. The normalized spacial score (nSPS) is 16.8. The quantitative estimate of drug-likeness (QED) is 0.615. The summed E-state index contributed by atoms with van der Waals surface area (Å²) in [6.45, 7) is 3.69. The number of carbonyl (C=O) groups excluding carboxylic acids is 1. The molecule has 0 aromatic rings. The van der Waals surface area contributed by atoms with Gasteiger partial charge in [-0.1, -0.05) is 6.58 Å². The van der Waals surface area contributed by atoms with Gasteiger partial charge in [-0.15, -0.1) is 0 Å². The monoisotopic (exact) mass is 207 g/mol. The highest BCUT2D eigenvalue weighted by Gasteiger charge is 2.20. The first-order valence-corrected chi connectivity index (χ1v) is 3.94. The molecule has 1 amide bonds. The second-order valence-electron chi connectivity index (χ2n) is 2.78. The molecule has 0 saturated heterocycles. The Morgan fingerprint density at radius 3 is 2.79 bits per heavy atom. The van der Waals surface area contributed by atoms with Crippen LogP contribution in [0.1, 0.15) is 6.92 Å². The minimum Gasteiger partial charge on any atom is -0.447 e. The zero-order valence-electron chi connectivity index (χ0n) is 7.90. The summed E-state index contributed by atoms with van der Waals surface area (Å²) in [6.07, 6.45) is -1.16. The Balaban J connectivity index is 3.68. The molecule has 0 aromatic carbocycles. The van der Waals surface area contributed by atoms with Gasteiger partial charge < -0.3 is 20.3 Å². The molecular formula is C8H14FNO4. The van der Waals surface area contributed by atoms with Crippen molar-refractivity contribution >= 4 is 6.09 Å². The molecule has 82 valence electrons. The Bertz CT molecular complexity index is 208. The van der Waals surface area contributed by atoms with Gasteiger partial charge in [0.05, 0.1) is 6.61 Å². The third kappa shape index (κ3) is 6.38. The molecule has 0 spiro atoms. The standard InChI is InChI=1S/C8H14FNO4/c1-3-8(2,9)14-5-6(11)4-13-7(10)12/h3,6,11H,1,4-5H2,2H3,(H2,10,12). The number of rotatable bonds is 6. The maximum absolute atomic E-state index is 13.0. The van der Waals surface area contributed by atoms with Crippen molar-refractivity contribution in [3.05, 3.63) is 12.7 Å². The topological polar surface area (TPSA) is 81.8 Å². The molecule has 0 aliphatic heterocycles. The molecule has 0 radical (unpaired) electrons. The van der Waals surface area contributed by atoms with Gasteiger partial charge in [0.1, 0.15) is 12.7 Å². The van der Waals surface area contributed by atoms with E-state index >= 15 is 0 Å². The largest absolute Gasteiger partial charge is 0.447 e. The number of ether oxygens (including phenoxy) is 2. The molecule has 0 bridgehead atoms. The molecule has 0 rings (SSSR count). The van der Waals surface area contributed by atoms with Gasteiger partial charge in [0, 0.05) is 0 Å². The zero-order chi connectivity index (χ0) is 11.2. The smallest absolute Gasteiger partial charge is 0.404 e. The lowest BCUT2D eigenvalue weighted by molar-refractivity contribution is -0.122. The van der Waals surface area contributed by atoms with Gasteiger partial charge in [-0.3, -0.25) is 0 Å². The summed E-state index contributed by atoms with van der Waals surface area (Å²) in [7, 11) is 0. The Labute approximate surface area is 81.3 Å². The van der Waals surface area contributed by atoms with Crippen molar-refractivity contribution in [2.24, 2.45) is 5.73 Å². The molecule has 0 heterocycles. The molecule has 0 aliphatic carbocycles. The molecule has 0 aliphatic rings. The van der Waals surface area contributed by atoms with E-state index in [1.54, 1.807) is 0 Å². The number of aliphatic hydroxyl groups excluding tert-OH is 1. The van der Waals surface area contributed by atoms with Crippen LogP contribution in [0.15, 0.2) is 12.7 Å². The van der Waals surface area contributed by atoms with E-state index in [0.717, 1.165) is 13.0 Å². The summed E-state index contributed by atoms with van der Waals surface area (Å²) in [5.74, 6) is -2.01. The number of halogens is 1. The summed E-state index contributed by atoms with van der Waals surface area (Å²) in [6, 6.07) is 0. The van der Waals surface area contributed by atoms with E-state index in [0.29, 0.717) is 0 Å². The van der Waals surface area contributed by atoms with Crippen LogP contribution in [0.5, 0.6) is 0 Å². The first-order chi connectivity index (χ1) is 6.37. The van der Waals surface area contributed by atoms with Crippen LogP contribution in [0.2, 0.25) is 0 Å². The van der Waals surface area contributed by atoms with E-state index in [4.69, 9.17) is 5.11 Å². The van der Waals surface area contributed by atoms with Crippen LogP contribution in [0.25, 0.3) is 0 Å². The highest BCUT2D eigenvalue weighted by Crippen LogP contribution is 2.12. The van der Waals surface area contributed by atoms with Crippen LogP contribution < -0.4 is 5.73 Å². The predicted molar refractivity (Wildman–Crippen MR) is 47.2 cm³/mol. The fraction of sp³-hybridized carbons (Fsp3) is 0.625. The fourth-order valence-corrected chi connectivity index (χ4v) is 0.545. The second-order valence-corrected chi connectivity index (χ2v) is 2.78. The number of hydrogen-bond acceptors (Lipinski definition) is 4. The minimum atomic E-state index is -2.01. The van der Waals surface area contributed by atoms with Gasteiger partial charge in [-0.05, 0) is 13.0 Å². The number of aliphatic hydroxyl groups is 1. The van der Waals surface area contributed by atoms with Gasteiger partial charge in [0.15, 0.2) is 0 Å². The average Bonchev–Trinajstić information content (AvgIpc) is 2.11. The van der Waals surface area contributed by atoms with Gasteiger partial charge in [0.2, 0.25) is 5.85 Å². The van der Waals surface area contributed by atoms with E-state index < -0.39 is 18.1 Å². The Hall–Kier alpha value is -1.14. The molecule has 6 heteroatoms. The number of amides is 1. The Morgan fingerprint density at radius 2 is 2.36 bits per heavy atom. The van der Waals surface area contributed by atoms with Crippen LogP contribution >= 0.6 is 0 Å². The number of nitrogens with two attached hydrogens (primary N) is 1. The first kappa shape index (κ1) is 12.9. The van der Waals surface area contributed by atoms with Crippen molar-refractivity contribution in [3.63, 3.8) is 0 Å². The molecule has 2 unspecified atom stereocenters. The van der Waals surface area contributed by atoms with Crippen molar-refractivity contribution in [1.29, 1.82) is 0 Å². The molecular weight excluding hydrogens is 193 g/mol. The number of alkyl halides is 1.